The molecule has 0 aliphatic heterocycles. The zero-order valence-electron chi connectivity index (χ0n) is 6.48. The second kappa shape index (κ2) is 2.52. The Hall–Kier alpha value is -0.960. The van der Waals surface area contributed by atoms with Gasteiger partial charge in [-0.3, -0.25) is 0 Å². The molecule has 0 fully saturated rings. The van der Waals surface area contributed by atoms with E-state index >= 15 is 0 Å². The molecule has 1 aromatic rings. The number of benzene rings is 1. The molecular weight excluding hydrogens is 160 g/mol. The Balaban J connectivity index is 2.60. The molecule has 0 bridgehead atoms. The number of hydrogen-bond acceptors (Lipinski definition) is 1. The van der Waals surface area contributed by atoms with Crippen LogP contribution >= 0.6 is 0 Å². The molecule has 2 rings (SSSR count). The highest BCUT2D eigenvalue weighted by atomic mass is 19.2. The highest BCUT2D eigenvalue weighted by Gasteiger charge is 2.23. The van der Waals surface area contributed by atoms with Gasteiger partial charge in [0.25, 0.3) is 0 Å². The van der Waals surface area contributed by atoms with Crippen molar-refractivity contribution in [1.82, 2.24) is 0 Å². The summed E-state index contributed by atoms with van der Waals surface area (Å²) in [6.07, 6.45) is 1.27. The minimum absolute atomic E-state index is 0.116. The van der Waals surface area contributed by atoms with E-state index in [0.29, 0.717) is 12.0 Å². The van der Waals surface area contributed by atoms with E-state index in [4.69, 9.17) is 5.73 Å². The lowest BCUT2D eigenvalue weighted by Gasteiger charge is -2.04. The Morgan fingerprint density at radius 1 is 1.33 bits per heavy atom. The number of nitrogens with two attached hydrogens (primary N) is 1. The topological polar surface area (TPSA) is 26.0 Å². The van der Waals surface area contributed by atoms with E-state index in [-0.39, 0.29) is 6.04 Å². The van der Waals surface area contributed by atoms with Crippen LogP contribution in [0.2, 0.25) is 0 Å². The minimum Gasteiger partial charge on any atom is -0.324 e. The third kappa shape index (κ3) is 0.932. The summed E-state index contributed by atoms with van der Waals surface area (Å²) in [5, 5.41) is 0. The van der Waals surface area contributed by atoms with Crippen molar-refractivity contribution in [3.8, 4) is 0 Å². The Kier molecular flexibility index (Phi) is 1.61. The normalized spacial score (nSPS) is 21.1. The molecule has 1 aliphatic carbocycles. The van der Waals surface area contributed by atoms with Crippen LogP contribution in [-0.2, 0) is 6.42 Å². The first-order chi connectivity index (χ1) is 5.70. The lowest BCUT2D eigenvalue weighted by Crippen LogP contribution is -2.05. The first kappa shape index (κ1) is 7.68. The summed E-state index contributed by atoms with van der Waals surface area (Å²) in [6.45, 7) is 0. The van der Waals surface area contributed by atoms with Gasteiger partial charge in [0.2, 0.25) is 0 Å². The lowest BCUT2D eigenvalue weighted by atomic mass is 10.1. The maximum atomic E-state index is 13.0. The van der Waals surface area contributed by atoms with E-state index in [9.17, 15) is 8.78 Å². The van der Waals surface area contributed by atoms with Crippen molar-refractivity contribution in [1.29, 1.82) is 0 Å². The summed E-state index contributed by atoms with van der Waals surface area (Å²) in [5.74, 6) is -1.50. The van der Waals surface area contributed by atoms with Crippen LogP contribution in [0.3, 0.4) is 0 Å². The van der Waals surface area contributed by atoms with E-state index < -0.39 is 11.6 Å². The van der Waals surface area contributed by atoms with Gasteiger partial charge in [-0.25, -0.2) is 8.78 Å². The summed E-state index contributed by atoms with van der Waals surface area (Å²) in [5.41, 5.74) is 6.90. The van der Waals surface area contributed by atoms with Gasteiger partial charge in [0.1, 0.15) is 0 Å². The average molecular weight is 169 g/mol. The fraction of sp³-hybridized carbons (Fsp3) is 0.333. The van der Waals surface area contributed by atoms with Gasteiger partial charge in [-0.05, 0) is 30.0 Å². The standard InChI is InChI=1S/C9H9F2N/c10-7-3-1-5-6(9(7)11)2-4-8(5)12/h1,3,8H,2,4,12H2. The number of hydrogen-bond donors (Lipinski definition) is 1. The smallest absolute Gasteiger partial charge is 0.162 e. The summed E-state index contributed by atoms with van der Waals surface area (Å²) < 4.78 is 25.7. The van der Waals surface area contributed by atoms with Crippen LogP contribution in [0.15, 0.2) is 12.1 Å². The molecule has 64 valence electrons. The average Bonchev–Trinajstić information content (AvgIpc) is 2.41. The van der Waals surface area contributed by atoms with Gasteiger partial charge in [-0.2, -0.15) is 0 Å². The van der Waals surface area contributed by atoms with E-state index in [2.05, 4.69) is 0 Å². The third-order valence-electron chi connectivity index (χ3n) is 2.34. The largest absolute Gasteiger partial charge is 0.324 e. The van der Waals surface area contributed by atoms with Crippen molar-refractivity contribution >= 4 is 0 Å². The molecular formula is C9H9F2N. The zero-order chi connectivity index (χ0) is 8.72. The number of fused-ring (bicyclic) bond motifs is 1. The highest BCUT2D eigenvalue weighted by Crippen LogP contribution is 2.31. The molecule has 0 heterocycles. The van der Waals surface area contributed by atoms with Crippen LogP contribution in [0.1, 0.15) is 23.6 Å². The molecule has 1 aromatic carbocycles. The predicted octanol–water partition coefficient (Wildman–Crippen LogP) is 1.91. The second-order valence-corrected chi connectivity index (χ2v) is 3.07. The van der Waals surface area contributed by atoms with Crippen LogP contribution < -0.4 is 5.73 Å². The van der Waals surface area contributed by atoms with Crippen molar-refractivity contribution < 1.29 is 8.78 Å². The zero-order valence-corrected chi connectivity index (χ0v) is 6.48. The minimum atomic E-state index is -0.775. The molecule has 0 aromatic heterocycles. The molecule has 12 heavy (non-hydrogen) atoms. The van der Waals surface area contributed by atoms with Gasteiger partial charge in [-0.15, -0.1) is 0 Å². The van der Waals surface area contributed by atoms with E-state index in [1.54, 1.807) is 6.07 Å². The Morgan fingerprint density at radius 3 is 2.83 bits per heavy atom. The molecule has 0 radical (unpaired) electrons. The van der Waals surface area contributed by atoms with Gasteiger partial charge >= 0.3 is 0 Å². The van der Waals surface area contributed by atoms with Crippen LogP contribution in [-0.4, -0.2) is 0 Å². The van der Waals surface area contributed by atoms with Gasteiger partial charge in [0.15, 0.2) is 11.6 Å². The molecule has 0 saturated heterocycles. The van der Waals surface area contributed by atoms with Crippen molar-refractivity contribution in [3.05, 3.63) is 34.9 Å². The molecule has 2 N–H and O–H groups in total. The molecule has 0 amide bonds. The van der Waals surface area contributed by atoms with Gasteiger partial charge in [0.05, 0.1) is 0 Å². The highest BCUT2D eigenvalue weighted by molar-refractivity contribution is 5.35. The molecule has 1 nitrogen and oxygen atoms in total. The number of rotatable bonds is 0. The summed E-state index contributed by atoms with van der Waals surface area (Å²) in [4.78, 5) is 0. The van der Waals surface area contributed by atoms with Crippen LogP contribution in [0.5, 0.6) is 0 Å². The summed E-state index contributed by atoms with van der Waals surface area (Å²) in [6, 6.07) is 2.60. The molecule has 0 saturated carbocycles. The number of halogens is 2. The Bertz CT molecular complexity index is 323. The predicted molar refractivity (Wildman–Crippen MR) is 41.6 cm³/mol. The molecule has 3 heteroatoms. The van der Waals surface area contributed by atoms with E-state index in [0.717, 1.165) is 18.1 Å². The first-order valence-corrected chi connectivity index (χ1v) is 3.92. The third-order valence-corrected chi connectivity index (χ3v) is 2.34. The molecule has 0 spiro atoms. The van der Waals surface area contributed by atoms with Crippen molar-refractivity contribution in [2.45, 2.75) is 18.9 Å². The molecule has 1 unspecified atom stereocenters. The maximum absolute atomic E-state index is 13.0. The van der Waals surface area contributed by atoms with Crippen LogP contribution in [0.4, 0.5) is 8.78 Å². The first-order valence-electron chi connectivity index (χ1n) is 3.92. The Morgan fingerprint density at radius 2 is 2.08 bits per heavy atom. The van der Waals surface area contributed by atoms with E-state index in [1.807, 2.05) is 0 Å². The van der Waals surface area contributed by atoms with Crippen molar-refractivity contribution in [2.75, 3.05) is 0 Å². The van der Waals surface area contributed by atoms with Gasteiger partial charge in [-0.1, -0.05) is 6.07 Å². The lowest BCUT2D eigenvalue weighted by molar-refractivity contribution is 0.500. The van der Waals surface area contributed by atoms with Crippen molar-refractivity contribution in [2.24, 2.45) is 5.73 Å². The molecule has 1 aliphatic rings. The second-order valence-electron chi connectivity index (χ2n) is 3.07. The quantitative estimate of drug-likeness (QED) is 0.630. The fourth-order valence-corrected chi connectivity index (χ4v) is 1.66. The van der Waals surface area contributed by atoms with Crippen LogP contribution in [0.25, 0.3) is 0 Å². The summed E-state index contributed by atoms with van der Waals surface area (Å²) >= 11 is 0. The fourth-order valence-electron chi connectivity index (χ4n) is 1.66. The summed E-state index contributed by atoms with van der Waals surface area (Å²) in [7, 11) is 0. The molecule has 1 atom stereocenters. The monoisotopic (exact) mass is 169 g/mol. The van der Waals surface area contributed by atoms with Gasteiger partial charge < -0.3 is 5.73 Å². The van der Waals surface area contributed by atoms with Crippen LogP contribution in [0, 0.1) is 11.6 Å². The Labute approximate surface area is 69.2 Å². The van der Waals surface area contributed by atoms with E-state index in [1.165, 1.54) is 0 Å². The van der Waals surface area contributed by atoms with Crippen molar-refractivity contribution in [3.63, 3.8) is 0 Å². The van der Waals surface area contributed by atoms with Gasteiger partial charge in [0, 0.05) is 6.04 Å². The SMILES string of the molecule is NC1CCc2c1ccc(F)c2F. The maximum Gasteiger partial charge on any atom is 0.162 e.